The van der Waals surface area contributed by atoms with E-state index in [4.69, 9.17) is 0 Å². The van der Waals surface area contributed by atoms with E-state index < -0.39 is 6.10 Å². The second-order valence-electron chi connectivity index (χ2n) is 5.44. The number of rotatable bonds is 7. The van der Waals surface area contributed by atoms with Gasteiger partial charge in [0.15, 0.2) is 0 Å². The number of aliphatic hydroxyl groups excluding tert-OH is 1. The van der Waals surface area contributed by atoms with Gasteiger partial charge < -0.3 is 10.4 Å². The number of thiophene rings is 1. The van der Waals surface area contributed by atoms with Crippen molar-refractivity contribution < 1.29 is 9.90 Å². The van der Waals surface area contributed by atoms with Gasteiger partial charge in [-0.2, -0.15) is 0 Å². The van der Waals surface area contributed by atoms with Crippen LogP contribution in [0.5, 0.6) is 0 Å². The molecule has 0 aromatic carbocycles. The zero-order valence-electron chi connectivity index (χ0n) is 12.3. The zero-order chi connectivity index (χ0) is 14.4. The normalized spacial score (nSPS) is 12.7. The Labute approximate surface area is 120 Å². The molecule has 1 aromatic heterocycles. The summed E-state index contributed by atoms with van der Waals surface area (Å²) in [6, 6.07) is 1.98. The van der Waals surface area contributed by atoms with Gasteiger partial charge in [0.25, 0.3) is 5.91 Å². The Hall–Kier alpha value is -0.870. The number of carbonyl (C=O) groups is 1. The lowest BCUT2D eigenvalue weighted by molar-refractivity contribution is 0.0904. The first-order chi connectivity index (χ1) is 8.93. The molecule has 0 saturated heterocycles. The average Bonchev–Trinajstić information content (AvgIpc) is 2.68. The Morgan fingerprint density at radius 3 is 2.74 bits per heavy atom. The number of nitrogens with one attached hydrogen (secondary N) is 1. The summed E-state index contributed by atoms with van der Waals surface area (Å²) in [5.74, 6) is 0.366. The van der Waals surface area contributed by atoms with Crippen molar-refractivity contribution in [3.8, 4) is 0 Å². The fraction of sp³-hybridized carbons (Fsp3) is 0.667. The van der Waals surface area contributed by atoms with Crippen LogP contribution in [0.3, 0.4) is 0 Å². The van der Waals surface area contributed by atoms with E-state index in [1.54, 1.807) is 0 Å². The maximum absolute atomic E-state index is 12.0. The van der Waals surface area contributed by atoms with Crippen LogP contribution in [0.2, 0.25) is 0 Å². The minimum absolute atomic E-state index is 0.0711. The van der Waals surface area contributed by atoms with Crippen molar-refractivity contribution >= 4 is 17.2 Å². The second kappa shape index (κ2) is 7.65. The number of carbonyl (C=O) groups excluding carboxylic acids is 1. The van der Waals surface area contributed by atoms with Crippen molar-refractivity contribution in [3.63, 3.8) is 0 Å². The van der Waals surface area contributed by atoms with Crippen LogP contribution in [0.4, 0.5) is 0 Å². The van der Waals surface area contributed by atoms with Crippen LogP contribution in [0.15, 0.2) is 6.07 Å². The van der Waals surface area contributed by atoms with E-state index in [0.717, 1.165) is 17.7 Å². The first kappa shape index (κ1) is 16.2. The van der Waals surface area contributed by atoms with Crippen molar-refractivity contribution in [1.29, 1.82) is 0 Å². The number of aliphatic hydroxyl groups is 1. The van der Waals surface area contributed by atoms with Gasteiger partial charge in [-0.15, -0.1) is 11.3 Å². The molecule has 2 N–H and O–H groups in total. The summed E-state index contributed by atoms with van der Waals surface area (Å²) in [6.07, 6.45) is 2.36. The van der Waals surface area contributed by atoms with Gasteiger partial charge in [0.05, 0.1) is 11.0 Å². The zero-order valence-corrected chi connectivity index (χ0v) is 13.1. The molecular formula is C15H25NO2S. The highest BCUT2D eigenvalue weighted by Gasteiger charge is 2.14. The van der Waals surface area contributed by atoms with E-state index in [9.17, 15) is 9.90 Å². The van der Waals surface area contributed by atoms with E-state index in [1.165, 1.54) is 21.8 Å². The molecule has 0 radical (unpaired) electrons. The highest BCUT2D eigenvalue weighted by molar-refractivity contribution is 7.14. The SMILES string of the molecule is CCCc1cc(C(=O)NCC(O)CC(C)C)sc1C. The Kier molecular flexibility index (Phi) is 6.52. The molecule has 0 bridgehead atoms. The topological polar surface area (TPSA) is 49.3 Å². The van der Waals surface area contributed by atoms with E-state index in [1.807, 2.05) is 6.07 Å². The summed E-state index contributed by atoms with van der Waals surface area (Å²) in [5, 5.41) is 12.6. The van der Waals surface area contributed by atoms with Crippen molar-refractivity contribution in [2.75, 3.05) is 6.54 Å². The third kappa shape index (κ3) is 5.33. The Balaban J connectivity index is 2.51. The van der Waals surface area contributed by atoms with Gasteiger partial charge in [-0.3, -0.25) is 4.79 Å². The van der Waals surface area contributed by atoms with E-state index in [0.29, 0.717) is 18.9 Å². The van der Waals surface area contributed by atoms with Crippen LogP contribution in [-0.4, -0.2) is 23.7 Å². The molecule has 0 aliphatic heterocycles. The molecular weight excluding hydrogens is 258 g/mol. The molecule has 4 heteroatoms. The average molecular weight is 283 g/mol. The van der Waals surface area contributed by atoms with Crippen LogP contribution in [0.25, 0.3) is 0 Å². The Morgan fingerprint density at radius 2 is 2.16 bits per heavy atom. The lowest BCUT2D eigenvalue weighted by Crippen LogP contribution is -2.32. The van der Waals surface area contributed by atoms with Crippen molar-refractivity contribution in [3.05, 3.63) is 21.4 Å². The van der Waals surface area contributed by atoms with Gasteiger partial charge in [0, 0.05) is 11.4 Å². The number of hydrogen-bond acceptors (Lipinski definition) is 3. The third-order valence-electron chi connectivity index (χ3n) is 3.01. The fourth-order valence-electron chi connectivity index (χ4n) is 2.07. The molecule has 19 heavy (non-hydrogen) atoms. The van der Waals surface area contributed by atoms with Crippen molar-refractivity contribution in [2.24, 2.45) is 5.92 Å². The summed E-state index contributed by atoms with van der Waals surface area (Å²) >= 11 is 1.53. The van der Waals surface area contributed by atoms with Crippen molar-refractivity contribution in [1.82, 2.24) is 5.32 Å². The molecule has 1 amide bonds. The Bertz CT molecular complexity index is 412. The van der Waals surface area contributed by atoms with Gasteiger partial charge in [0.2, 0.25) is 0 Å². The molecule has 0 saturated carbocycles. The van der Waals surface area contributed by atoms with E-state index >= 15 is 0 Å². The van der Waals surface area contributed by atoms with Gasteiger partial charge >= 0.3 is 0 Å². The van der Waals surface area contributed by atoms with Crippen LogP contribution in [0, 0.1) is 12.8 Å². The summed E-state index contributed by atoms with van der Waals surface area (Å²) in [6.45, 7) is 8.64. The van der Waals surface area contributed by atoms with Crippen LogP contribution in [0.1, 0.15) is 53.7 Å². The van der Waals surface area contributed by atoms with E-state index in [-0.39, 0.29) is 5.91 Å². The highest BCUT2D eigenvalue weighted by atomic mass is 32.1. The Morgan fingerprint density at radius 1 is 1.47 bits per heavy atom. The summed E-state index contributed by atoms with van der Waals surface area (Å²) in [4.78, 5) is 14.0. The van der Waals surface area contributed by atoms with Crippen LogP contribution >= 0.6 is 11.3 Å². The fourth-order valence-corrected chi connectivity index (χ4v) is 3.06. The lowest BCUT2D eigenvalue weighted by atomic mass is 10.1. The predicted octanol–water partition coefficient (Wildman–Crippen LogP) is 3.15. The van der Waals surface area contributed by atoms with Gasteiger partial charge in [-0.1, -0.05) is 27.2 Å². The van der Waals surface area contributed by atoms with Crippen LogP contribution < -0.4 is 5.32 Å². The quantitative estimate of drug-likeness (QED) is 0.807. The molecule has 3 nitrogen and oxygen atoms in total. The second-order valence-corrected chi connectivity index (χ2v) is 6.69. The number of amides is 1. The van der Waals surface area contributed by atoms with Gasteiger partial charge in [0.1, 0.15) is 0 Å². The lowest BCUT2D eigenvalue weighted by Gasteiger charge is -2.13. The number of aryl methyl sites for hydroxylation is 2. The summed E-state index contributed by atoms with van der Waals surface area (Å²) in [7, 11) is 0. The largest absolute Gasteiger partial charge is 0.391 e. The van der Waals surface area contributed by atoms with Crippen LogP contribution in [-0.2, 0) is 6.42 Å². The monoisotopic (exact) mass is 283 g/mol. The molecule has 0 fully saturated rings. The number of hydrogen-bond donors (Lipinski definition) is 2. The first-order valence-corrected chi connectivity index (χ1v) is 7.81. The summed E-state index contributed by atoms with van der Waals surface area (Å²) < 4.78 is 0. The molecule has 1 unspecified atom stereocenters. The molecule has 0 spiro atoms. The third-order valence-corrected chi connectivity index (χ3v) is 4.10. The summed E-state index contributed by atoms with van der Waals surface area (Å²) in [5.41, 5.74) is 1.26. The molecule has 0 aliphatic rings. The smallest absolute Gasteiger partial charge is 0.261 e. The maximum atomic E-state index is 12.0. The molecule has 1 aromatic rings. The van der Waals surface area contributed by atoms with Gasteiger partial charge in [-0.05, 0) is 37.3 Å². The molecule has 0 aliphatic carbocycles. The maximum Gasteiger partial charge on any atom is 0.261 e. The molecule has 1 atom stereocenters. The predicted molar refractivity (Wildman–Crippen MR) is 80.8 cm³/mol. The minimum Gasteiger partial charge on any atom is -0.391 e. The molecule has 108 valence electrons. The molecule has 1 rings (SSSR count). The van der Waals surface area contributed by atoms with E-state index in [2.05, 4.69) is 33.0 Å². The minimum atomic E-state index is -0.458. The first-order valence-electron chi connectivity index (χ1n) is 6.99. The molecule has 1 heterocycles. The van der Waals surface area contributed by atoms with Gasteiger partial charge in [-0.25, -0.2) is 0 Å². The van der Waals surface area contributed by atoms with Crippen molar-refractivity contribution in [2.45, 2.75) is 53.1 Å². The standard InChI is InChI=1S/C15H25NO2S/c1-5-6-12-8-14(19-11(12)4)15(18)16-9-13(17)7-10(2)3/h8,10,13,17H,5-7,9H2,1-4H3,(H,16,18). The highest BCUT2D eigenvalue weighted by Crippen LogP contribution is 2.22.